The van der Waals surface area contributed by atoms with Crippen LogP contribution in [0.1, 0.15) is 56.3 Å². The van der Waals surface area contributed by atoms with Crippen LogP contribution in [-0.2, 0) is 4.79 Å². The maximum absolute atomic E-state index is 12.0. The molecule has 0 fully saturated rings. The van der Waals surface area contributed by atoms with Gasteiger partial charge in [-0.2, -0.15) is 0 Å². The molecule has 5 heteroatoms. The topological polar surface area (TPSA) is 78.4 Å². The number of aliphatic hydroxyl groups is 1. The molecule has 1 rings (SSSR count). The zero-order chi connectivity index (χ0) is 16.4. The lowest BCUT2D eigenvalue weighted by molar-refractivity contribution is -0.116. The van der Waals surface area contributed by atoms with E-state index in [2.05, 4.69) is 17.6 Å². The smallest absolute Gasteiger partial charge is 0.251 e. The highest BCUT2D eigenvalue weighted by atomic mass is 16.3. The van der Waals surface area contributed by atoms with Gasteiger partial charge in [-0.3, -0.25) is 9.59 Å². The molecule has 0 saturated carbocycles. The van der Waals surface area contributed by atoms with Gasteiger partial charge in [-0.05, 0) is 37.1 Å². The molecule has 2 amide bonds. The second-order valence-electron chi connectivity index (χ2n) is 5.34. The van der Waals surface area contributed by atoms with Crippen LogP contribution in [0, 0.1) is 0 Å². The fraction of sp³-hybridized carbons (Fsp3) is 0.529. The first-order valence-corrected chi connectivity index (χ1v) is 7.92. The third-order valence-corrected chi connectivity index (χ3v) is 3.49. The van der Waals surface area contributed by atoms with Gasteiger partial charge in [-0.1, -0.05) is 26.7 Å². The highest BCUT2D eigenvalue weighted by Crippen LogP contribution is 2.11. The Bertz CT molecular complexity index is 467. The summed E-state index contributed by atoms with van der Waals surface area (Å²) in [6.45, 7) is 3.92. The van der Waals surface area contributed by atoms with E-state index >= 15 is 0 Å². The van der Waals surface area contributed by atoms with Gasteiger partial charge in [-0.15, -0.1) is 0 Å². The van der Waals surface area contributed by atoms with Crippen molar-refractivity contribution >= 4 is 17.5 Å². The number of rotatable bonds is 9. The van der Waals surface area contributed by atoms with Gasteiger partial charge in [0.15, 0.2) is 0 Å². The summed E-state index contributed by atoms with van der Waals surface area (Å²) in [4.78, 5) is 23.7. The minimum Gasteiger partial charge on any atom is -0.394 e. The van der Waals surface area contributed by atoms with E-state index in [4.69, 9.17) is 5.11 Å². The summed E-state index contributed by atoms with van der Waals surface area (Å²) in [5.74, 6) is -0.223. The van der Waals surface area contributed by atoms with Crippen molar-refractivity contribution in [3.05, 3.63) is 29.8 Å². The Labute approximate surface area is 132 Å². The number of carbonyl (C=O) groups excluding carboxylic acids is 2. The molecular formula is C17H26N2O3. The lowest BCUT2D eigenvalue weighted by Crippen LogP contribution is -2.36. The van der Waals surface area contributed by atoms with Crippen LogP contribution in [0.4, 0.5) is 5.69 Å². The second kappa shape index (κ2) is 9.95. The predicted octanol–water partition coefficient (Wildman–Crippen LogP) is 2.71. The zero-order valence-electron chi connectivity index (χ0n) is 13.4. The van der Waals surface area contributed by atoms with E-state index in [0.717, 1.165) is 19.3 Å². The standard InChI is InChI=1S/C17H26N2O3/c1-3-5-6-7-16(21)18-15-10-8-13(9-11-15)17(22)19-14(4-2)12-20/h8-11,14,20H,3-7,12H2,1-2H3,(H,18,21)(H,19,22). The zero-order valence-corrected chi connectivity index (χ0v) is 13.4. The van der Waals surface area contributed by atoms with Crippen molar-refractivity contribution in [2.45, 2.75) is 52.0 Å². The van der Waals surface area contributed by atoms with Crippen molar-refractivity contribution in [1.29, 1.82) is 0 Å². The summed E-state index contributed by atoms with van der Waals surface area (Å²) in [6, 6.07) is 6.53. The molecule has 0 saturated heterocycles. The first kappa shape index (κ1) is 18.2. The Morgan fingerprint density at radius 1 is 1.14 bits per heavy atom. The molecule has 1 aromatic carbocycles. The molecule has 0 aliphatic rings. The number of benzene rings is 1. The summed E-state index contributed by atoms with van der Waals surface area (Å²) in [5.41, 5.74) is 1.20. The van der Waals surface area contributed by atoms with E-state index in [-0.39, 0.29) is 24.5 Å². The highest BCUT2D eigenvalue weighted by molar-refractivity contribution is 5.95. The van der Waals surface area contributed by atoms with Crippen LogP contribution in [-0.4, -0.2) is 29.6 Å². The molecule has 1 unspecified atom stereocenters. The number of carbonyl (C=O) groups is 2. The Kier molecular flexibility index (Phi) is 8.22. The molecule has 0 radical (unpaired) electrons. The van der Waals surface area contributed by atoms with Crippen LogP contribution in [0.2, 0.25) is 0 Å². The molecule has 5 nitrogen and oxygen atoms in total. The maximum Gasteiger partial charge on any atom is 0.251 e. The van der Waals surface area contributed by atoms with Crippen LogP contribution >= 0.6 is 0 Å². The van der Waals surface area contributed by atoms with Crippen LogP contribution in [0.25, 0.3) is 0 Å². The quantitative estimate of drug-likeness (QED) is 0.614. The summed E-state index contributed by atoms with van der Waals surface area (Å²) in [6.07, 6.45) is 4.22. The molecule has 0 bridgehead atoms. The number of hydrogen-bond donors (Lipinski definition) is 3. The minimum atomic E-state index is -0.231. The molecule has 3 N–H and O–H groups in total. The molecule has 0 aromatic heterocycles. The third kappa shape index (κ3) is 6.26. The van der Waals surface area contributed by atoms with Crippen molar-refractivity contribution in [3.8, 4) is 0 Å². The van der Waals surface area contributed by atoms with Gasteiger partial charge in [0.1, 0.15) is 0 Å². The molecule has 22 heavy (non-hydrogen) atoms. The van der Waals surface area contributed by atoms with Crippen molar-refractivity contribution in [2.24, 2.45) is 0 Å². The molecular weight excluding hydrogens is 280 g/mol. The van der Waals surface area contributed by atoms with Gasteiger partial charge in [0, 0.05) is 17.7 Å². The first-order chi connectivity index (χ1) is 10.6. The number of aliphatic hydroxyl groups excluding tert-OH is 1. The maximum atomic E-state index is 12.0. The number of unbranched alkanes of at least 4 members (excludes halogenated alkanes) is 2. The summed E-state index contributed by atoms with van der Waals surface area (Å²) in [7, 11) is 0. The van der Waals surface area contributed by atoms with Crippen molar-refractivity contribution in [2.75, 3.05) is 11.9 Å². The third-order valence-electron chi connectivity index (χ3n) is 3.49. The van der Waals surface area contributed by atoms with Crippen molar-refractivity contribution in [3.63, 3.8) is 0 Å². The molecule has 0 aliphatic carbocycles. The number of hydrogen-bond acceptors (Lipinski definition) is 3. The fourth-order valence-electron chi connectivity index (χ4n) is 2.01. The Morgan fingerprint density at radius 3 is 2.36 bits per heavy atom. The second-order valence-corrected chi connectivity index (χ2v) is 5.34. The van der Waals surface area contributed by atoms with E-state index in [1.807, 2.05) is 6.92 Å². The fourth-order valence-corrected chi connectivity index (χ4v) is 2.01. The molecule has 1 atom stereocenters. The molecule has 1 aromatic rings. The lowest BCUT2D eigenvalue weighted by Gasteiger charge is -2.14. The van der Waals surface area contributed by atoms with Crippen LogP contribution < -0.4 is 10.6 Å². The Hall–Kier alpha value is -1.88. The first-order valence-electron chi connectivity index (χ1n) is 7.92. The van der Waals surface area contributed by atoms with Crippen molar-refractivity contribution in [1.82, 2.24) is 5.32 Å². The number of nitrogens with one attached hydrogen (secondary N) is 2. The van der Waals surface area contributed by atoms with E-state index in [1.165, 1.54) is 0 Å². The monoisotopic (exact) mass is 306 g/mol. The van der Waals surface area contributed by atoms with Crippen LogP contribution in [0.3, 0.4) is 0 Å². The summed E-state index contributed by atoms with van der Waals surface area (Å²) in [5, 5.41) is 14.7. The van der Waals surface area contributed by atoms with Crippen molar-refractivity contribution < 1.29 is 14.7 Å². The number of amides is 2. The predicted molar refractivity (Wildman–Crippen MR) is 87.8 cm³/mol. The molecule has 0 heterocycles. The van der Waals surface area contributed by atoms with Gasteiger partial charge in [0.25, 0.3) is 5.91 Å². The highest BCUT2D eigenvalue weighted by Gasteiger charge is 2.11. The van der Waals surface area contributed by atoms with Gasteiger partial charge < -0.3 is 15.7 Å². The Morgan fingerprint density at radius 2 is 1.82 bits per heavy atom. The average Bonchev–Trinajstić information content (AvgIpc) is 2.53. The number of anilines is 1. The normalized spacial score (nSPS) is 11.8. The molecule has 0 aliphatic heterocycles. The summed E-state index contributed by atoms with van der Waals surface area (Å²) >= 11 is 0. The van der Waals surface area contributed by atoms with E-state index in [9.17, 15) is 9.59 Å². The largest absolute Gasteiger partial charge is 0.394 e. The average molecular weight is 306 g/mol. The van der Waals surface area contributed by atoms with E-state index in [1.54, 1.807) is 24.3 Å². The Balaban J connectivity index is 2.52. The van der Waals surface area contributed by atoms with Crippen LogP contribution in [0.15, 0.2) is 24.3 Å². The van der Waals surface area contributed by atoms with E-state index in [0.29, 0.717) is 24.1 Å². The van der Waals surface area contributed by atoms with Gasteiger partial charge in [0.05, 0.1) is 12.6 Å². The SMILES string of the molecule is CCCCCC(=O)Nc1ccc(C(=O)NC(CC)CO)cc1. The minimum absolute atomic E-state index is 0.00280. The molecule has 0 spiro atoms. The molecule has 122 valence electrons. The van der Waals surface area contributed by atoms with Crippen LogP contribution in [0.5, 0.6) is 0 Å². The lowest BCUT2D eigenvalue weighted by atomic mass is 10.1. The van der Waals surface area contributed by atoms with Gasteiger partial charge in [0.2, 0.25) is 5.91 Å². The van der Waals surface area contributed by atoms with Gasteiger partial charge >= 0.3 is 0 Å². The van der Waals surface area contributed by atoms with E-state index < -0.39 is 0 Å². The van der Waals surface area contributed by atoms with Gasteiger partial charge in [-0.25, -0.2) is 0 Å². The summed E-state index contributed by atoms with van der Waals surface area (Å²) < 4.78 is 0.